The summed E-state index contributed by atoms with van der Waals surface area (Å²) in [7, 11) is 0. The van der Waals surface area contributed by atoms with Crippen LogP contribution in [-0.4, -0.2) is 32.1 Å². The van der Waals surface area contributed by atoms with Gasteiger partial charge in [0.1, 0.15) is 0 Å². The molecule has 2 rings (SSSR count). The molecule has 10 nitrogen and oxygen atoms in total. The van der Waals surface area contributed by atoms with Crippen LogP contribution in [0, 0.1) is 10.1 Å². The number of aromatic nitrogens is 2. The van der Waals surface area contributed by atoms with E-state index in [9.17, 15) is 19.7 Å². The third-order valence-corrected chi connectivity index (χ3v) is 4.56. The lowest BCUT2D eigenvalue weighted by Gasteiger charge is -2.02. The van der Waals surface area contributed by atoms with Crippen molar-refractivity contribution in [3.63, 3.8) is 0 Å². The monoisotopic (exact) mass is 393 g/mol. The molecule has 0 atom stereocenters. The lowest BCUT2D eigenvalue weighted by Crippen LogP contribution is -2.17. The van der Waals surface area contributed by atoms with E-state index in [1.54, 1.807) is 23.7 Å². The average molecular weight is 393 g/mol. The summed E-state index contributed by atoms with van der Waals surface area (Å²) in [5, 5.41) is 30.5. The second kappa shape index (κ2) is 10.3. The highest BCUT2D eigenvalue weighted by Crippen LogP contribution is 2.33. The van der Waals surface area contributed by atoms with Crippen molar-refractivity contribution in [1.82, 2.24) is 15.7 Å². The zero-order valence-corrected chi connectivity index (χ0v) is 15.2. The number of nitrogens with one attached hydrogen (secondary N) is 2. The summed E-state index contributed by atoms with van der Waals surface area (Å²) in [6, 6.07) is 6.22. The minimum Gasteiger partial charge on any atom is -0.301 e. The average Bonchev–Trinajstić information content (AvgIpc) is 3.12. The van der Waals surface area contributed by atoms with Crippen molar-refractivity contribution in [2.24, 2.45) is 0 Å². The number of benzene rings is 1. The van der Waals surface area contributed by atoms with Crippen LogP contribution in [0.4, 0.5) is 10.8 Å². The normalized spacial score (nSPS) is 10.4. The molecule has 144 valence electrons. The van der Waals surface area contributed by atoms with E-state index < -0.39 is 10.8 Å². The number of carbonyl (C=O) groups excluding carboxylic acids is 2. The molecule has 0 fully saturated rings. The lowest BCUT2D eigenvalue weighted by molar-refractivity contribution is -0.384. The van der Waals surface area contributed by atoms with Crippen molar-refractivity contribution >= 4 is 34.0 Å². The first kappa shape index (κ1) is 20.4. The Bertz CT molecular complexity index is 810. The van der Waals surface area contributed by atoms with Gasteiger partial charge in [-0.3, -0.25) is 24.9 Å². The van der Waals surface area contributed by atoms with Crippen molar-refractivity contribution in [1.29, 1.82) is 0 Å². The number of unbranched alkanes of at least 4 members (excludes halogenated alkanes) is 3. The number of anilines is 1. The van der Waals surface area contributed by atoms with E-state index in [-0.39, 0.29) is 23.1 Å². The van der Waals surface area contributed by atoms with E-state index in [4.69, 9.17) is 5.21 Å². The van der Waals surface area contributed by atoms with Gasteiger partial charge in [0.25, 0.3) is 5.69 Å². The molecule has 1 aromatic heterocycles. The van der Waals surface area contributed by atoms with Gasteiger partial charge in [0.05, 0.1) is 10.5 Å². The Balaban J connectivity index is 1.80. The number of nitro benzene ring substituents is 1. The van der Waals surface area contributed by atoms with Crippen LogP contribution < -0.4 is 10.8 Å². The number of amides is 2. The first-order valence-electron chi connectivity index (χ1n) is 8.31. The van der Waals surface area contributed by atoms with E-state index in [2.05, 4.69) is 15.5 Å². The number of rotatable bonds is 10. The molecule has 0 radical (unpaired) electrons. The zero-order chi connectivity index (χ0) is 19.6. The molecule has 11 heteroatoms. The minimum atomic E-state index is -0.487. The van der Waals surface area contributed by atoms with Gasteiger partial charge in [0, 0.05) is 18.9 Å². The van der Waals surface area contributed by atoms with Crippen molar-refractivity contribution < 1.29 is 19.7 Å². The molecule has 0 bridgehead atoms. The fraction of sp³-hybridized carbons (Fsp3) is 0.375. The van der Waals surface area contributed by atoms with Crippen LogP contribution in [0.25, 0.3) is 10.6 Å². The third kappa shape index (κ3) is 6.38. The van der Waals surface area contributed by atoms with Crippen LogP contribution in [0.15, 0.2) is 24.3 Å². The number of hydrogen-bond acceptors (Lipinski definition) is 8. The summed E-state index contributed by atoms with van der Waals surface area (Å²) >= 11 is 1.07. The highest BCUT2D eigenvalue weighted by Gasteiger charge is 2.18. The lowest BCUT2D eigenvalue weighted by atomic mass is 10.1. The van der Waals surface area contributed by atoms with Gasteiger partial charge in [-0.1, -0.05) is 36.3 Å². The number of hydroxylamine groups is 1. The minimum absolute atomic E-state index is 0.0681. The van der Waals surface area contributed by atoms with Crippen molar-refractivity contribution in [3.05, 3.63) is 34.4 Å². The Labute approximate surface area is 158 Å². The Hall–Kier alpha value is -2.92. The Morgan fingerprint density at radius 1 is 1.07 bits per heavy atom. The molecule has 0 unspecified atom stereocenters. The predicted octanol–water partition coefficient (Wildman–Crippen LogP) is 2.90. The molecule has 0 aliphatic carbocycles. The van der Waals surface area contributed by atoms with Gasteiger partial charge in [-0.2, -0.15) is 0 Å². The molecule has 0 saturated carbocycles. The fourth-order valence-corrected chi connectivity index (χ4v) is 3.15. The third-order valence-electron chi connectivity index (χ3n) is 3.68. The molecule has 2 aromatic rings. The molecule has 0 aliphatic heterocycles. The largest absolute Gasteiger partial charge is 0.301 e. The SMILES string of the molecule is O=C(CCCCCCC(=O)Nc1nnc(-c2ccccc2[N+](=O)[O-])s1)NO. The number of nitrogens with zero attached hydrogens (tertiary/aromatic N) is 3. The maximum atomic E-state index is 11.9. The molecular weight excluding hydrogens is 374 g/mol. The van der Waals surface area contributed by atoms with Gasteiger partial charge in [-0.25, -0.2) is 5.48 Å². The van der Waals surface area contributed by atoms with Crippen LogP contribution in [0.5, 0.6) is 0 Å². The van der Waals surface area contributed by atoms with E-state index in [0.717, 1.165) is 24.2 Å². The van der Waals surface area contributed by atoms with Crippen LogP contribution in [0.1, 0.15) is 38.5 Å². The molecule has 0 spiro atoms. The summed E-state index contributed by atoms with van der Waals surface area (Å²) in [6.45, 7) is 0. The first-order valence-corrected chi connectivity index (χ1v) is 9.13. The maximum Gasteiger partial charge on any atom is 0.279 e. The maximum absolute atomic E-state index is 11.9. The Kier molecular flexibility index (Phi) is 7.77. The molecule has 0 saturated heterocycles. The van der Waals surface area contributed by atoms with E-state index in [0.29, 0.717) is 29.8 Å². The fourth-order valence-electron chi connectivity index (χ4n) is 2.36. The summed E-state index contributed by atoms with van der Waals surface area (Å²) in [5.41, 5.74) is 1.86. The molecular formula is C16H19N5O5S. The van der Waals surface area contributed by atoms with Gasteiger partial charge in [0.15, 0.2) is 5.01 Å². The molecule has 1 heterocycles. The van der Waals surface area contributed by atoms with Crippen molar-refractivity contribution in [2.75, 3.05) is 5.32 Å². The van der Waals surface area contributed by atoms with Gasteiger partial charge >= 0.3 is 0 Å². The van der Waals surface area contributed by atoms with Crippen molar-refractivity contribution in [2.45, 2.75) is 38.5 Å². The summed E-state index contributed by atoms with van der Waals surface area (Å²) in [6.07, 6.45) is 3.41. The molecule has 2 amide bonds. The quantitative estimate of drug-likeness (QED) is 0.243. The standard InChI is InChI=1S/C16H19N5O5S/c22-13(9-3-1-2-4-10-14(23)20-24)17-16-19-18-15(27-16)11-7-5-6-8-12(11)21(25)26/h5-8,24H,1-4,9-10H2,(H,20,23)(H,17,19,22). The topological polar surface area (TPSA) is 147 Å². The number of carbonyl (C=O) groups is 2. The molecule has 3 N–H and O–H groups in total. The summed E-state index contributed by atoms with van der Waals surface area (Å²) < 4.78 is 0. The van der Waals surface area contributed by atoms with Crippen molar-refractivity contribution in [3.8, 4) is 10.6 Å². The molecule has 27 heavy (non-hydrogen) atoms. The zero-order valence-electron chi connectivity index (χ0n) is 14.4. The first-order chi connectivity index (χ1) is 13.0. The molecule has 0 aliphatic rings. The highest BCUT2D eigenvalue weighted by atomic mass is 32.1. The van der Waals surface area contributed by atoms with Gasteiger partial charge < -0.3 is 5.32 Å². The van der Waals surface area contributed by atoms with Crippen LogP contribution in [-0.2, 0) is 9.59 Å². The van der Waals surface area contributed by atoms with Gasteiger partial charge in [0.2, 0.25) is 16.9 Å². The highest BCUT2D eigenvalue weighted by molar-refractivity contribution is 7.18. The predicted molar refractivity (Wildman–Crippen MR) is 98.3 cm³/mol. The van der Waals surface area contributed by atoms with E-state index >= 15 is 0 Å². The van der Waals surface area contributed by atoms with Gasteiger partial charge in [-0.05, 0) is 18.9 Å². The Morgan fingerprint density at radius 2 is 1.74 bits per heavy atom. The van der Waals surface area contributed by atoms with Crippen LogP contribution in [0.3, 0.4) is 0 Å². The molecule has 1 aromatic carbocycles. The van der Waals surface area contributed by atoms with Crippen LogP contribution in [0.2, 0.25) is 0 Å². The number of nitro groups is 1. The second-order valence-electron chi connectivity index (χ2n) is 5.68. The van der Waals surface area contributed by atoms with E-state index in [1.807, 2.05) is 0 Å². The smallest absolute Gasteiger partial charge is 0.279 e. The number of hydrogen-bond donors (Lipinski definition) is 3. The Morgan fingerprint density at radius 3 is 2.41 bits per heavy atom. The number of para-hydroxylation sites is 1. The summed E-state index contributed by atoms with van der Waals surface area (Å²) in [4.78, 5) is 33.4. The van der Waals surface area contributed by atoms with Gasteiger partial charge in [-0.15, -0.1) is 10.2 Å². The second-order valence-corrected chi connectivity index (χ2v) is 6.66. The summed E-state index contributed by atoms with van der Waals surface area (Å²) in [5.74, 6) is -0.633. The van der Waals surface area contributed by atoms with Crippen LogP contribution >= 0.6 is 11.3 Å². The van der Waals surface area contributed by atoms with E-state index in [1.165, 1.54) is 6.07 Å².